The molecule has 1 aliphatic rings. The molecule has 3 rings (SSSR count). The molecular formula is C19H19NO4. The Hall–Kier alpha value is -2.82. The number of benzene rings is 2. The van der Waals surface area contributed by atoms with E-state index in [0.29, 0.717) is 17.9 Å². The molecule has 1 amide bonds. The molecule has 0 aromatic heterocycles. The Morgan fingerprint density at radius 3 is 2.71 bits per heavy atom. The highest BCUT2D eigenvalue weighted by molar-refractivity contribution is 6.00. The van der Waals surface area contributed by atoms with Crippen molar-refractivity contribution in [3.05, 3.63) is 59.7 Å². The normalized spacial score (nSPS) is 14.0. The van der Waals surface area contributed by atoms with E-state index in [1.54, 1.807) is 36.1 Å². The number of methoxy groups -OCH3 is 1. The van der Waals surface area contributed by atoms with Gasteiger partial charge in [0, 0.05) is 12.2 Å². The number of para-hydroxylation sites is 1. The summed E-state index contributed by atoms with van der Waals surface area (Å²) in [6, 6.07) is 14.5. The average molecular weight is 325 g/mol. The summed E-state index contributed by atoms with van der Waals surface area (Å²) in [5.41, 5.74) is 2.39. The van der Waals surface area contributed by atoms with Crippen molar-refractivity contribution >= 4 is 17.6 Å². The number of hydrogen-bond donors (Lipinski definition) is 0. The van der Waals surface area contributed by atoms with Crippen LogP contribution in [0.1, 0.15) is 22.8 Å². The van der Waals surface area contributed by atoms with Gasteiger partial charge < -0.3 is 14.4 Å². The zero-order valence-electron chi connectivity index (χ0n) is 13.7. The summed E-state index contributed by atoms with van der Waals surface area (Å²) in [6.45, 7) is 2.21. The van der Waals surface area contributed by atoms with Crippen LogP contribution in [0.3, 0.4) is 0 Å². The second kappa shape index (κ2) is 6.74. The number of rotatable bonds is 4. The zero-order valence-corrected chi connectivity index (χ0v) is 13.7. The third-order valence-corrected chi connectivity index (χ3v) is 4.09. The molecule has 5 nitrogen and oxygen atoms in total. The molecule has 0 saturated carbocycles. The molecule has 0 radical (unpaired) electrons. The minimum atomic E-state index is -0.852. The maximum atomic E-state index is 12.6. The van der Waals surface area contributed by atoms with Crippen LogP contribution in [-0.2, 0) is 16.0 Å². The average Bonchev–Trinajstić information content (AvgIpc) is 3.05. The highest BCUT2D eigenvalue weighted by Crippen LogP contribution is 2.28. The van der Waals surface area contributed by atoms with Gasteiger partial charge in [0.25, 0.3) is 5.91 Å². The molecule has 0 aliphatic carbocycles. The predicted octanol–water partition coefficient (Wildman–Crippen LogP) is 2.83. The minimum Gasteiger partial charge on any atom is -0.497 e. The highest BCUT2D eigenvalue weighted by atomic mass is 16.5. The molecule has 1 heterocycles. The second-order valence-corrected chi connectivity index (χ2v) is 5.65. The van der Waals surface area contributed by atoms with Gasteiger partial charge >= 0.3 is 5.97 Å². The lowest BCUT2D eigenvalue weighted by Crippen LogP contribution is -2.39. The Labute approximate surface area is 140 Å². The van der Waals surface area contributed by atoms with Gasteiger partial charge in [-0.05, 0) is 43.2 Å². The van der Waals surface area contributed by atoms with Crippen LogP contribution in [0.2, 0.25) is 0 Å². The number of carbonyl (C=O) groups excluding carboxylic acids is 2. The van der Waals surface area contributed by atoms with E-state index in [1.807, 2.05) is 24.3 Å². The van der Waals surface area contributed by atoms with E-state index in [4.69, 9.17) is 9.47 Å². The van der Waals surface area contributed by atoms with E-state index in [0.717, 1.165) is 17.7 Å². The van der Waals surface area contributed by atoms with Gasteiger partial charge in [-0.2, -0.15) is 0 Å². The standard InChI is InChI=1S/C19H19NO4/c1-13(24-19(22)15-7-5-8-16(12-15)23-2)18(21)20-11-10-14-6-3-4-9-17(14)20/h3-9,12-13H,10-11H2,1-2H3/t13-/m0/s1. The van der Waals surface area contributed by atoms with E-state index in [9.17, 15) is 9.59 Å². The third kappa shape index (κ3) is 3.11. The summed E-state index contributed by atoms with van der Waals surface area (Å²) < 4.78 is 10.4. The van der Waals surface area contributed by atoms with Gasteiger partial charge in [0.1, 0.15) is 5.75 Å². The first-order chi connectivity index (χ1) is 11.6. The topological polar surface area (TPSA) is 55.8 Å². The lowest BCUT2D eigenvalue weighted by molar-refractivity contribution is -0.126. The minimum absolute atomic E-state index is 0.212. The third-order valence-electron chi connectivity index (χ3n) is 4.09. The number of fused-ring (bicyclic) bond motifs is 1. The first kappa shape index (κ1) is 16.1. The van der Waals surface area contributed by atoms with Crippen molar-refractivity contribution < 1.29 is 19.1 Å². The summed E-state index contributed by atoms with van der Waals surface area (Å²) in [6.07, 6.45) is -0.0341. The van der Waals surface area contributed by atoms with Gasteiger partial charge in [-0.3, -0.25) is 4.79 Å². The number of amides is 1. The molecule has 2 aromatic rings. The Morgan fingerprint density at radius 1 is 1.12 bits per heavy atom. The van der Waals surface area contributed by atoms with Crippen molar-refractivity contribution in [1.29, 1.82) is 0 Å². The van der Waals surface area contributed by atoms with E-state index in [1.165, 1.54) is 7.11 Å². The van der Waals surface area contributed by atoms with E-state index in [-0.39, 0.29) is 5.91 Å². The van der Waals surface area contributed by atoms with Crippen LogP contribution >= 0.6 is 0 Å². The maximum absolute atomic E-state index is 12.6. The van der Waals surface area contributed by atoms with Crippen LogP contribution in [0.15, 0.2) is 48.5 Å². The largest absolute Gasteiger partial charge is 0.497 e. The van der Waals surface area contributed by atoms with Crippen molar-refractivity contribution in [2.45, 2.75) is 19.4 Å². The first-order valence-electron chi connectivity index (χ1n) is 7.84. The van der Waals surface area contributed by atoms with Crippen molar-refractivity contribution in [2.24, 2.45) is 0 Å². The molecule has 1 aliphatic heterocycles. The summed E-state index contributed by atoms with van der Waals surface area (Å²) in [5.74, 6) is -0.185. The van der Waals surface area contributed by atoms with Gasteiger partial charge in [0.05, 0.1) is 12.7 Å². The molecule has 0 N–H and O–H groups in total. The Bertz CT molecular complexity index is 771. The van der Waals surface area contributed by atoms with Crippen LogP contribution in [0.4, 0.5) is 5.69 Å². The molecular weight excluding hydrogens is 306 g/mol. The number of ether oxygens (including phenoxy) is 2. The van der Waals surface area contributed by atoms with E-state index < -0.39 is 12.1 Å². The van der Waals surface area contributed by atoms with Crippen molar-refractivity contribution in [1.82, 2.24) is 0 Å². The van der Waals surface area contributed by atoms with E-state index >= 15 is 0 Å². The van der Waals surface area contributed by atoms with Gasteiger partial charge in [-0.1, -0.05) is 24.3 Å². The van der Waals surface area contributed by atoms with Crippen molar-refractivity contribution in [2.75, 3.05) is 18.6 Å². The Kier molecular flexibility index (Phi) is 4.51. The lowest BCUT2D eigenvalue weighted by atomic mass is 10.2. The molecule has 0 saturated heterocycles. The molecule has 24 heavy (non-hydrogen) atoms. The maximum Gasteiger partial charge on any atom is 0.339 e. The molecule has 0 bridgehead atoms. The molecule has 124 valence electrons. The van der Waals surface area contributed by atoms with Crippen molar-refractivity contribution in [3.63, 3.8) is 0 Å². The smallest absolute Gasteiger partial charge is 0.339 e. The summed E-state index contributed by atoms with van der Waals surface area (Å²) in [5, 5.41) is 0. The SMILES string of the molecule is COc1cccc(C(=O)O[C@@H](C)C(=O)N2CCc3ccccc32)c1. The summed E-state index contributed by atoms with van der Waals surface area (Å²) >= 11 is 0. The van der Waals surface area contributed by atoms with Crippen LogP contribution in [0, 0.1) is 0 Å². The van der Waals surface area contributed by atoms with E-state index in [2.05, 4.69) is 0 Å². The fourth-order valence-corrected chi connectivity index (χ4v) is 2.82. The number of hydrogen-bond acceptors (Lipinski definition) is 4. The van der Waals surface area contributed by atoms with Crippen LogP contribution < -0.4 is 9.64 Å². The highest BCUT2D eigenvalue weighted by Gasteiger charge is 2.29. The molecule has 1 atom stereocenters. The quantitative estimate of drug-likeness (QED) is 0.811. The fourth-order valence-electron chi connectivity index (χ4n) is 2.82. The Morgan fingerprint density at radius 2 is 1.92 bits per heavy atom. The molecule has 2 aromatic carbocycles. The van der Waals surface area contributed by atoms with Gasteiger partial charge in [-0.15, -0.1) is 0 Å². The fraction of sp³-hybridized carbons (Fsp3) is 0.263. The predicted molar refractivity (Wildman–Crippen MR) is 90.4 cm³/mol. The van der Waals surface area contributed by atoms with Gasteiger partial charge in [-0.25, -0.2) is 4.79 Å². The van der Waals surface area contributed by atoms with Gasteiger partial charge in [0.2, 0.25) is 0 Å². The van der Waals surface area contributed by atoms with Gasteiger partial charge in [0.15, 0.2) is 6.10 Å². The number of esters is 1. The molecule has 0 fully saturated rings. The molecule has 0 unspecified atom stereocenters. The second-order valence-electron chi connectivity index (χ2n) is 5.65. The van der Waals surface area contributed by atoms with Crippen LogP contribution in [0.25, 0.3) is 0 Å². The summed E-state index contributed by atoms with van der Waals surface area (Å²) in [7, 11) is 1.53. The molecule has 0 spiro atoms. The Balaban J connectivity index is 1.69. The lowest BCUT2D eigenvalue weighted by Gasteiger charge is -2.21. The number of carbonyl (C=O) groups is 2. The van der Waals surface area contributed by atoms with Crippen LogP contribution in [-0.4, -0.2) is 31.6 Å². The number of anilines is 1. The first-order valence-corrected chi connectivity index (χ1v) is 7.84. The van der Waals surface area contributed by atoms with Crippen molar-refractivity contribution in [3.8, 4) is 5.75 Å². The molecule has 5 heteroatoms. The van der Waals surface area contributed by atoms with Crippen LogP contribution in [0.5, 0.6) is 5.75 Å². The summed E-state index contributed by atoms with van der Waals surface area (Å²) in [4.78, 5) is 26.5. The monoisotopic (exact) mass is 325 g/mol. The zero-order chi connectivity index (χ0) is 17.1. The number of nitrogens with zero attached hydrogens (tertiary/aromatic N) is 1.